The fraction of sp³-hybridized carbons (Fsp3) is 0.565. The van der Waals surface area contributed by atoms with Crippen molar-refractivity contribution in [2.75, 3.05) is 18.0 Å². The fourth-order valence-electron chi connectivity index (χ4n) is 5.21. The third kappa shape index (κ3) is 3.64. The summed E-state index contributed by atoms with van der Waals surface area (Å²) in [7, 11) is 0. The number of aryl methyl sites for hydroxylation is 2. The van der Waals surface area contributed by atoms with Crippen LogP contribution in [0.3, 0.4) is 0 Å². The number of nitrogens with zero attached hydrogens (tertiary/aromatic N) is 3. The van der Waals surface area contributed by atoms with Gasteiger partial charge in [0, 0.05) is 18.7 Å². The van der Waals surface area contributed by atoms with E-state index in [2.05, 4.69) is 11.8 Å². The van der Waals surface area contributed by atoms with Crippen molar-refractivity contribution in [2.45, 2.75) is 59.5 Å². The molecule has 2 heterocycles. The molecule has 0 bridgehead atoms. The molecule has 1 N–H and O–H groups in total. The molecule has 1 atom stereocenters. The molecule has 0 unspecified atom stereocenters. The molecule has 1 aromatic heterocycles. The molecular formula is C23H29Cl2N3O. The Morgan fingerprint density at radius 3 is 2.45 bits per heavy atom. The second kappa shape index (κ2) is 8.05. The summed E-state index contributed by atoms with van der Waals surface area (Å²) in [6.07, 6.45) is 6.46. The van der Waals surface area contributed by atoms with Gasteiger partial charge >= 0.3 is 0 Å². The summed E-state index contributed by atoms with van der Waals surface area (Å²) in [5, 5.41) is 11.1. The molecule has 0 amide bonds. The van der Waals surface area contributed by atoms with Crippen LogP contribution in [0.1, 0.15) is 56.0 Å². The van der Waals surface area contributed by atoms with Crippen molar-refractivity contribution in [3.05, 3.63) is 39.1 Å². The van der Waals surface area contributed by atoms with Crippen LogP contribution in [0.15, 0.2) is 12.1 Å². The minimum Gasteiger partial charge on any atom is -0.390 e. The van der Waals surface area contributed by atoms with Crippen molar-refractivity contribution in [1.82, 2.24) is 9.97 Å². The first kappa shape index (κ1) is 20.9. The summed E-state index contributed by atoms with van der Waals surface area (Å²) in [4.78, 5) is 11.9. The third-order valence-electron chi connectivity index (χ3n) is 7.22. The second-order valence-corrected chi connectivity index (χ2v) is 9.54. The number of aliphatic hydroxyl groups is 1. The van der Waals surface area contributed by atoms with E-state index in [9.17, 15) is 5.11 Å². The Bertz CT molecular complexity index is 923. The lowest BCUT2D eigenvalue weighted by molar-refractivity contribution is 0.161. The van der Waals surface area contributed by atoms with E-state index in [1.807, 2.05) is 26.0 Å². The molecule has 1 saturated carbocycles. The van der Waals surface area contributed by atoms with E-state index in [-0.39, 0.29) is 6.61 Å². The topological polar surface area (TPSA) is 49.3 Å². The first-order valence-corrected chi connectivity index (χ1v) is 11.3. The Balaban J connectivity index is 1.65. The minimum atomic E-state index is -0.148. The van der Waals surface area contributed by atoms with E-state index < -0.39 is 0 Å². The number of benzene rings is 1. The maximum atomic E-state index is 10.0. The summed E-state index contributed by atoms with van der Waals surface area (Å²) in [5.41, 5.74) is 4.27. The smallest absolute Gasteiger partial charge is 0.153 e. The molecule has 0 radical (unpaired) electrons. The summed E-state index contributed by atoms with van der Waals surface area (Å²) in [6.45, 7) is 8.08. The summed E-state index contributed by atoms with van der Waals surface area (Å²) >= 11 is 12.8. The second-order valence-electron chi connectivity index (χ2n) is 8.79. The lowest BCUT2D eigenvalue weighted by atomic mass is 9.71. The van der Waals surface area contributed by atoms with E-state index in [0.29, 0.717) is 26.8 Å². The number of hydrogen-bond acceptors (Lipinski definition) is 4. The molecule has 2 aliphatic rings. The molecule has 6 heteroatoms. The van der Waals surface area contributed by atoms with Crippen molar-refractivity contribution in [3.63, 3.8) is 0 Å². The van der Waals surface area contributed by atoms with Gasteiger partial charge in [0.05, 0.1) is 28.0 Å². The Hall–Kier alpha value is -1.36. The van der Waals surface area contributed by atoms with Crippen LogP contribution in [0.5, 0.6) is 0 Å². The highest BCUT2D eigenvalue weighted by Crippen LogP contribution is 2.50. The Labute approximate surface area is 183 Å². The number of rotatable bonds is 3. The molecule has 2 fully saturated rings. The number of aliphatic hydroxyl groups excluding tert-OH is 1. The van der Waals surface area contributed by atoms with Gasteiger partial charge in [-0.25, -0.2) is 9.97 Å². The Kier molecular flexibility index (Phi) is 5.80. The molecule has 1 saturated heterocycles. The number of hydrogen-bond donors (Lipinski definition) is 1. The average molecular weight is 434 g/mol. The van der Waals surface area contributed by atoms with Crippen LogP contribution in [0, 0.1) is 25.2 Å². The number of piperidine rings is 1. The fourth-order valence-corrected chi connectivity index (χ4v) is 5.67. The Morgan fingerprint density at radius 2 is 1.83 bits per heavy atom. The maximum Gasteiger partial charge on any atom is 0.153 e. The van der Waals surface area contributed by atoms with Gasteiger partial charge in [0.2, 0.25) is 0 Å². The Morgan fingerprint density at radius 1 is 1.10 bits per heavy atom. The quantitative estimate of drug-likeness (QED) is 0.647. The van der Waals surface area contributed by atoms with Crippen LogP contribution in [0.4, 0.5) is 5.82 Å². The molecule has 1 aliphatic heterocycles. The van der Waals surface area contributed by atoms with Gasteiger partial charge in [-0.2, -0.15) is 0 Å². The summed E-state index contributed by atoms with van der Waals surface area (Å²) in [5.74, 6) is 1.62. The van der Waals surface area contributed by atoms with Crippen molar-refractivity contribution in [1.29, 1.82) is 0 Å². The van der Waals surface area contributed by atoms with Crippen molar-refractivity contribution in [2.24, 2.45) is 11.3 Å². The molecule has 156 valence electrons. The van der Waals surface area contributed by atoms with Gasteiger partial charge in [-0.3, -0.25) is 0 Å². The van der Waals surface area contributed by atoms with E-state index in [1.165, 1.54) is 32.1 Å². The van der Waals surface area contributed by atoms with Crippen molar-refractivity contribution in [3.8, 4) is 11.3 Å². The SMILES string of the molecule is Cc1ccc(-c2nc(CO)c(N3CCC4(CCC[C@H]4C)CC3)nc2C)c(Cl)c1Cl. The van der Waals surface area contributed by atoms with E-state index >= 15 is 0 Å². The average Bonchev–Trinajstić information content (AvgIpc) is 3.07. The van der Waals surface area contributed by atoms with E-state index in [1.54, 1.807) is 0 Å². The van der Waals surface area contributed by atoms with Gasteiger partial charge in [0.25, 0.3) is 0 Å². The first-order chi connectivity index (χ1) is 13.9. The van der Waals surface area contributed by atoms with Gasteiger partial charge in [0.15, 0.2) is 5.82 Å². The molecule has 4 rings (SSSR count). The highest BCUT2D eigenvalue weighted by molar-refractivity contribution is 6.44. The molecule has 2 aromatic rings. The highest BCUT2D eigenvalue weighted by atomic mass is 35.5. The zero-order valence-electron chi connectivity index (χ0n) is 17.4. The standard InChI is InChI=1S/C23H29Cl2N3O/c1-14-6-7-17(20(25)19(14)24)21-16(3)26-22(18(13-29)27-21)28-11-9-23(10-12-28)8-4-5-15(23)2/h6-7,15,29H,4-5,8-13H2,1-3H3/t15-/m1/s1. The largest absolute Gasteiger partial charge is 0.390 e. The molecule has 1 aromatic carbocycles. The van der Waals surface area contributed by atoms with Crippen LogP contribution in [-0.2, 0) is 6.61 Å². The predicted octanol–water partition coefficient (Wildman–Crippen LogP) is 5.97. The number of aromatic nitrogens is 2. The zero-order chi connectivity index (χ0) is 20.8. The predicted molar refractivity (Wildman–Crippen MR) is 120 cm³/mol. The van der Waals surface area contributed by atoms with E-state index in [4.69, 9.17) is 33.2 Å². The molecule has 4 nitrogen and oxygen atoms in total. The summed E-state index contributed by atoms with van der Waals surface area (Å²) < 4.78 is 0. The van der Waals surface area contributed by atoms with Crippen LogP contribution in [0.25, 0.3) is 11.3 Å². The van der Waals surface area contributed by atoms with Crippen LogP contribution in [0.2, 0.25) is 10.0 Å². The third-order valence-corrected chi connectivity index (χ3v) is 8.19. The monoisotopic (exact) mass is 433 g/mol. The lowest BCUT2D eigenvalue weighted by Gasteiger charge is -2.43. The molecule has 29 heavy (non-hydrogen) atoms. The summed E-state index contributed by atoms with van der Waals surface area (Å²) in [6, 6.07) is 3.86. The van der Waals surface area contributed by atoms with Crippen LogP contribution < -0.4 is 4.90 Å². The molecular weight excluding hydrogens is 405 g/mol. The van der Waals surface area contributed by atoms with Crippen molar-refractivity contribution >= 4 is 29.0 Å². The zero-order valence-corrected chi connectivity index (χ0v) is 18.9. The van der Waals surface area contributed by atoms with E-state index in [0.717, 1.165) is 41.6 Å². The number of anilines is 1. The van der Waals surface area contributed by atoms with Crippen molar-refractivity contribution < 1.29 is 5.11 Å². The van der Waals surface area contributed by atoms with Crippen LogP contribution in [-0.4, -0.2) is 28.2 Å². The normalized spacial score (nSPS) is 21.2. The van der Waals surface area contributed by atoms with Gasteiger partial charge < -0.3 is 10.0 Å². The maximum absolute atomic E-state index is 10.0. The first-order valence-electron chi connectivity index (χ1n) is 10.5. The van der Waals surface area contributed by atoms with Gasteiger partial charge in [-0.05, 0) is 50.0 Å². The van der Waals surface area contributed by atoms with Gasteiger partial charge in [-0.1, -0.05) is 55.1 Å². The molecule has 1 aliphatic carbocycles. The van der Waals surface area contributed by atoms with Gasteiger partial charge in [0.1, 0.15) is 5.69 Å². The van der Waals surface area contributed by atoms with Crippen LogP contribution >= 0.6 is 23.2 Å². The minimum absolute atomic E-state index is 0.148. The van der Waals surface area contributed by atoms with Gasteiger partial charge in [-0.15, -0.1) is 0 Å². The molecule has 1 spiro atoms. The lowest BCUT2D eigenvalue weighted by Crippen LogP contribution is -2.42. The highest BCUT2D eigenvalue weighted by Gasteiger charge is 2.42. The number of halogens is 2.